The molecule has 1 rings (SSSR count). The minimum absolute atomic E-state index is 0.0000894. The van der Waals surface area contributed by atoms with E-state index in [0.717, 1.165) is 18.4 Å². The lowest BCUT2D eigenvalue weighted by Crippen LogP contribution is -2.50. The van der Waals surface area contributed by atoms with Gasteiger partial charge in [-0.2, -0.15) is 0 Å². The lowest BCUT2D eigenvalue weighted by molar-refractivity contribution is -0.168. The number of carbonyl (C=O) groups excluding carboxylic acids is 2. The fourth-order valence-corrected chi connectivity index (χ4v) is 3.65. The third-order valence-electron chi connectivity index (χ3n) is 6.36. The average molecular weight is 521 g/mol. The SMILES string of the molecule is CC.CC(CCCOC(C)(C)C(C)(C)C(=O)C(OC(C)(C)C)c1ccccc1)C(=O)C(C)(C)C.CCC. The third-order valence-corrected chi connectivity index (χ3v) is 6.36. The molecular formula is C33H60O4. The van der Waals surface area contributed by atoms with Crippen LogP contribution in [0.1, 0.15) is 135 Å². The number of ketones is 2. The van der Waals surface area contributed by atoms with Crippen molar-refractivity contribution in [3.8, 4) is 0 Å². The summed E-state index contributed by atoms with van der Waals surface area (Å²) in [6.45, 7) is 30.3. The summed E-state index contributed by atoms with van der Waals surface area (Å²) in [5.74, 6) is 0.274. The highest BCUT2D eigenvalue weighted by Crippen LogP contribution is 2.41. The highest BCUT2D eigenvalue weighted by atomic mass is 16.5. The first kappa shape index (κ1) is 37.6. The van der Waals surface area contributed by atoms with E-state index in [0.29, 0.717) is 6.61 Å². The van der Waals surface area contributed by atoms with Gasteiger partial charge < -0.3 is 9.47 Å². The molecule has 4 heteroatoms. The lowest BCUT2D eigenvalue weighted by Gasteiger charge is -2.43. The van der Waals surface area contributed by atoms with E-state index in [1.807, 2.05) is 120 Å². The van der Waals surface area contributed by atoms with Gasteiger partial charge in [0.15, 0.2) is 5.78 Å². The molecule has 0 heterocycles. The van der Waals surface area contributed by atoms with Crippen molar-refractivity contribution in [1.82, 2.24) is 0 Å². The second-order valence-corrected chi connectivity index (χ2v) is 12.7. The summed E-state index contributed by atoms with van der Waals surface area (Å²) in [4.78, 5) is 26.2. The summed E-state index contributed by atoms with van der Waals surface area (Å²) < 4.78 is 12.5. The number of rotatable bonds is 11. The minimum atomic E-state index is -0.786. The molecule has 2 atom stereocenters. The molecule has 4 nitrogen and oxygen atoms in total. The molecule has 0 bridgehead atoms. The van der Waals surface area contributed by atoms with Gasteiger partial charge in [0, 0.05) is 17.9 Å². The third kappa shape index (κ3) is 13.2. The van der Waals surface area contributed by atoms with Crippen molar-refractivity contribution in [2.45, 2.75) is 140 Å². The van der Waals surface area contributed by atoms with E-state index in [1.165, 1.54) is 6.42 Å². The van der Waals surface area contributed by atoms with E-state index in [1.54, 1.807) is 0 Å². The number of Topliss-reactive ketones (excluding diaryl/α,β-unsaturated/α-hetero) is 2. The van der Waals surface area contributed by atoms with E-state index < -0.39 is 22.7 Å². The molecule has 2 unspecified atom stereocenters. The molecule has 0 spiro atoms. The summed E-state index contributed by atoms with van der Waals surface area (Å²) >= 11 is 0. The predicted octanol–water partition coefficient (Wildman–Crippen LogP) is 9.41. The van der Waals surface area contributed by atoms with Crippen molar-refractivity contribution in [1.29, 1.82) is 0 Å². The van der Waals surface area contributed by atoms with Gasteiger partial charge in [0.2, 0.25) is 0 Å². The Kier molecular flexibility index (Phi) is 16.7. The van der Waals surface area contributed by atoms with Crippen molar-refractivity contribution in [2.24, 2.45) is 16.7 Å². The quantitative estimate of drug-likeness (QED) is 0.273. The Labute approximate surface area is 230 Å². The van der Waals surface area contributed by atoms with Gasteiger partial charge in [-0.15, -0.1) is 0 Å². The Morgan fingerprint density at radius 1 is 0.811 bits per heavy atom. The van der Waals surface area contributed by atoms with Gasteiger partial charge in [-0.3, -0.25) is 9.59 Å². The van der Waals surface area contributed by atoms with Crippen molar-refractivity contribution in [3.05, 3.63) is 35.9 Å². The zero-order chi connectivity index (χ0) is 29.7. The number of ether oxygens (including phenoxy) is 2. The number of carbonyl (C=O) groups is 2. The molecule has 37 heavy (non-hydrogen) atoms. The first-order chi connectivity index (χ1) is 16.8. The molecule has 0 fully saturated rings. The fourth-order valence-electron chi connectivity index (χ4n) is 3.65. The summed E-state index contributed by atoms with van der Waals surface area (Å²) in [6.07, 6.45) is 2.14. The van der Waals surface area contributed by atoms with Crippen LogP contribution in [0.3, 0.4) is 0 Å². The Bertz CT molecular complexity index is 764. The van der Waals surface area contributed by atoms with Gasteiger partial charge in [0.1, 0.15) is 11.9 Å². The average Bonchev–Trinajstić information content (AvgIpc) is 2.80. The highest BCUT2D eigenvalue weighted by Gasteiger charge is 2.48. The fraction of sp³-hybridized carbons (Fsp3) is 0.758. The van der Waals surface area contributed by atoms with Crippen molar-refractivity contribution >= 4 is 11.6 Å². The normalized spacial score (nSPS) is 13.9. The van der Waals surface area contributed by atoms with Gasteiger partial charge in [0.05, 0.1) is 16.6 Å². The van der Waals surface area contributed by atoms with Crippen LogP contribution >= 0.6 is 0 Å². The second-order valence-electron chi connectivity index (χ2n) is 12.7. The zero-order valence-corrected chi connectivity index (χ0v) is 27.0. The molecule has 0 saturated heterocycles. The van der Waals surface area contributed by atoms with Crippen molar-refractivity contribution in [2.75, 3.05) is 6.61 Å². The van der Waals surface area contributed by atoms with Crippen LogP contribution in [0.25, 0.3) is 0 Å². The van der Waals surface area contributed by atoms with Crippen molar-refractivity contribution in [3.63, 3.8) is 0 Å². The maximum absolute atomic E-state index is 13.8. The van der Waals surface area contributed by atoms with Crippen molar-refractivity contribution < 1.29 is 19.1 Å². The standard InChI is InChI=1S/C28H46O4.C3H8.C2H6/c1-20(23(29)25(2,3)4)16-15-19-31-28(10,11)27(8,9)24(30)22(32-26(5,6)7)21-17-13-12-14-18-21;1-3-2;1-2/h12-14,17-18,20,22H,15-16,19H2,1-11H3;3H2,1-2H3;1-2H3. The number of hydrogen-bond acceptors (Lipinski definition) is 4. The molecule has 0 saturated carbocycles. The smallest absolute Gasteiger partial charge is 0.174 e. The molecular weight excluding hydrogens is 460 g/mol. The van der Waals surface area contributed by atoms with Crippen LogP contribution in [0.15, 0.2) is 30.3 Å². The summed E-state index contributed by atoms with van der Waals surface area (Å²) in [6, 6.07) is 9.66. The highest BCUT2D eigenvalue weighted by molar-refractivity contribution is 5.90. The van der Waals surface area contributed by atoms with E-state index in [4.69, 9.17) is 9.47 Å². The van der Waals surface area contributed by atoms with Crippen LogP contribution in [0, 0.1) is 16.7 Å². The van der Waals surface area contributed by atoms with Gasteiger partial charge in [-0.05, 0) is 53.0 Å². The monoisotopic (exact) mass is 520 g/mol. The minimum Gasteiger partial charge on any atom is -0.375 e. The van der Waals surface area contributed by atoms with E-state index in [-0.39, 0.29) is 22.9 Å². The van der Waals surface area contributed by atoms with Crippen LogP contribution < -0.4 is 0 Å². The molecule has 0 aliphatic rings. The predicted molar refractivity (Wildman–Crippen MR) is 159 cm³/mol. The Hall–Kier alpha value is -1.52. The summed E-state index contributed by atoms with van der Waals surface area (Å²) in [5.41, 5.74) is -1.42. The zero-order valence-electron chi connectivity index (χ0n) is 27.0. The van der Waals surface area contributed by atoms with Crippen LogP contribution in [-0.2, 0) is 19.1 Å². The Morgan fingerprint density at radius 3 is 1.68 bits per heavy atom. The largest absolute Gasteiger partial charge is 0.375 e. The maximum atomic E-state index is 13.8. The Morgan fingerprint density at radius 2 is 1.27 bits per heavy atom. The second kappa shape index (κ2) is 16.4. The molecule has 0 aliphatic carbocycles. The summed E-state index contributed by atoms with van der Waals surface area (Å²) in [5, 5.41) is 0. The number of benzene rings is 1. The molecule has 1 aromatic rings. The first-order valence-electron chi connectivity index (χ1n) is 14.3. The van der Waals surface area contributed by atoms with Crippen LogP contribution in [-0.4, -0.2) is 29.4 Å². The van der Waals surface area contributed by atoms with Gasteiger partial charge in [-0.1, -0.05) is 106 Å². The first-order valence-corrected chi connectivity index (χ1v) is 14.3. The van der Waals surface area contributed by atoms with Crippen LogP contribution in [0.4, 0.5) is 0 Å². The van der Waals surface area contributed by atoms with Crippen LogP contribution in [0.2, 0.25) is 0 Å². The molecule has 1 aromatic carbocycles. The van der Waals surface area contributed by atoms with Gasteiger partial charge in [0.25, 0.3) is 0 Å². The molecule has 0 amide bonds. The van der Waals surface area contributed by atoms with E-state index in [2.05, 4.69) is 13.8 Å². The van der Waals surface area contributed by atoms with Crippen LogP contribution in [0.5, 0.6) is 0 Å². The molecule has 0 aromatic heterocycles. The molecule has 216 valence electrons. The Balaban J connectivity index is 0. The lowest BCUT2D eigenvalue weighted by atomic mass is 9.71. The molecule has 0 N–H and O–H groups in total. The maximum Gasteiger partial charge on any atom is 0.174 e. The molecule has 0 radical (unpaired) electrons. The van der Waals surface area contributed by atoms with Gasteiger partial charge in [-0.25, -0.2) is 0 Å². The number of hydrogen-bond donors (Lipinski definition) is 0. The van der Waals surface area contributed by atoms with Gasteiger partial charge >= 0.3 is 0 Å². The van der Waals surface area contributed by atoms with E-state index in [9.17, 15) is 9.59 Å². The van der Waals surface area contributed by atoms with E-state index >= 15 is 0 Å². The topological polar surface area (TPSA) is 52.6 Å². The molecule has 0 aliphatic heterocycles. The summed E-state index contributed by atoms with van der Waals surface area (Å²) in [7, 11) is 0.